The summed E-state index contributed by atoms with van der Waals surface area (Å²) in [6.45, 7) is 1.13. The van der Waals surface area contributed by atoms with Crippen molar-refractivity contribution in [1.82, 2.24) is 19.1 Å². The fraction of sp³-hybridized carbons (Fsp3) is 0.263. The van der Waals surface area contributed by atoms with Crippen LogP contribution < -0.4 is 4.74 Å². The monoisotopic (exact) mass is 478 g/mol. The maximum Gasteiger partial charge on any atom is 0.244 e. The van der Waals surface area contributed by atoms with E-state index in [2.05, 4.69) is 26.0 Å². The molecule has 1 aromatic heterocycles. The molecule has 1 atom stereocenters. The van der Waals surface area contributed by atoms with E-state index in [-0.39, 0.29) is 24.2 Å². The maximum absolute atomic E-state index is 13.0. The molecule has 0 spiro atoms. The first-order valence-electron chi connectivity index (χ1n) is 8.98. The van der Waals surface area contributed by atoms with E-state index in [4.69, 9.17) is 9.47 Å². The van der Waals surface area contributed by atoms with Crippen molar-refractivity contribution >= 4 is 26.0 Å². The van der Waals surface area contributed by atoms with Crippen LogP contribution in [0.2, 0.25) is 0 Å². The Hall–Kier alpha value is -2.27. The molecule has 2 aromatic carbocycles. The van der Waals surface area contributed by atoms with Crippen LogP contribution in [0, 0.1) is 0 Å². The smallest absolute Gasteiger partial charge is 0.244 e. The van der Waals surface area contributed by atoms with Gasteiger partial charge >= 0.3 is 0 Å². The van der Waals surface area contributed by atoms with E-state index in [9.17, 15) is 8.42 Å². The average molecular weight is 479 g/mol. The summed E-state index contributed by atoms with van der Waals surface area (Å²) in [6, 6.07) is 14.2. The van der Waals surface area contributed by atoms with E-state index in [1.807, 2.05) is 24.3 Å². The summed E-state index contributed by atoms with van der Waals surface area (Å²) in [5.74, 6) is 0.670. The predicted molar refractivity (Wildman–Crippen MR) is 109 cm³/mol. The molecule has 0 aliphatic carbocycles. The van der Waals surface area contributed by atoms with Gasteiger partial charge in [-0.25, -0.2) is 18.1 Å². The van der Waals surface area contributed by atoms with Gasteiger partial charge in [0.05, 0.1) is 17.2 Å². The second-order valence-corrected chi connectivity index (χ2v) is 9.19. The molecule has 0 radical (unpaired) electrons. The fourth-order valence-electron chi connectivity index (χ4n) is 3.03. The topological polar surface area (TPSA) is 86.5 Å². The number of sulfonamides is 1. The minimum Gasteiger partial charge on any atom is -0.491 e. The van der Waals surface area contributed by atoms with Gasteiger partial charge in [-0.15, -0.1) is 0 Å². The zero-order valence-electron chi connectivity index (χ0n) is 15.4. The van der Waals surface area contributed by atoms with E-state index >= 15 is 0 Å². The van der Waals surface area contributed by atoms with Crippen LogP contribution in [0.25, 0.3) is 5.69 Å². The van der Waals surface area contributed by atoms with Crippen molar-refractivity contribution in [1.29, 1.82) is 0 Å². The second kappa shape index (κ2) is 8.62. The van der Waals surface area contributed by atoms with E-state index in [1.54, 1.807) is 35.3 Å². The third kappa shape index (κ3) is 4.50. The van der Waals surface area contributed by atoms with Crippen molar-refractivity contribution in [3.05, 3.63) is 65.7 Å². The van der Waals surface area contributed by atoms with Gasteiger partial charge < -0.3 is 9.47 Å². The van der Waals surface area contributed by atoms with Gasteiger partial charge in [0.2, 0.25) is 10.0 Å². The quantitative estimate of drug-likeness (QED) is 0.540. The van der Waals surface area contributed by atoms with Crippen LogP contribution in [-0.2, 0) is 14.8 Å². The van der Waals surface area contributed by atoms with Crippen LogP contribution in [0.4, 0.5) is 0 Å². The molecule has 0 N–H and O–H groups in total. The van der Waals surface area contributed by atoms with Gasteiger partial charge in [-0.2, -0.15) is 9.40 Å². The molecule has 29 heavy (non-hydrogen) atoms. The molecule has 1 fully saturated rings. The maximum atomic E-state index is 13.0. The van der Waals surface area contributed by atoms with Crippen LogP contribution in [0.15, 0.2) is 70.6 Å². The van der Waals surface area contributed by atoms with E-state index < -0.39 is 10.0 Å². The molecular formula is C19H19BrN4O4S. The van der Waals surface area contributed by atoms with E-state index in [1.165, 1.54) is 10.6 Å². The first-order valence-corrected chi connectivity index (χ1v) is 11.2. The number of ether oxygens (including phenoxy) is 2. The summed E-state index contributed by atoms with van der Waals surface area (Å²) in [5.41, 5.74) is 0.870. The Bertz CT molecular complexity index is 1060. The molecule has 4 rings (SSSR count). The Morgan fingerprint density at radius 2 is 1.97 bits per heavy atom. The second-order valence-electron chi connectivity index (χ2n) is 6.43. The van der Waals surface area contributed by atoms with Gasteiger partial charge in [-0.1, -0.05) is 12.1 Å². The predicted octanol–water partition coefficient (Wildman–Crippen LogP) is 2.50. The van der Waals surface area contributed by atoms with Crippen molar-refractivity contribution in [3.63, 3.8) is 0 Å². The molecular weight excluding hydrogens is 460 g/mol. The third-order valence-electron chi connectivity index (χ3n) is 4.51. The first kappa shape index (κ1) is 20.0. The number of hydrogen-bond acceptors (Lipinski definition) is 6. The lowest BCUT2D eigenvalue weighted by Gasteiger charge is -2.32. The molecule has 1 unspecified atom stereocenters. The number of nitrogens with zero attached hydrogens (tertiary/aromatic N) is 4. The molecule has 10 heteroatoms. The molecule has 0 saturated carbocycles. The summed E-state index contributed by atoms with van der Waals surface area (Å²) < 4.78 is 41.1. The highest BCUT2D eigenvalue weighted by molar-refractivity contribution is 9.10. The van der Waals surface area contributed by atoms with Gasteiger partial charge in [0.15, 0.2) is 0 Å². The number of aromatic nitrogens is 3. The van der Waals surface area contributed by atoms with Crippen molar-refractivity contribution in [2.45, 2.75) is 11.0 Å². The molecule has 1 aliphatic heterocycles. The SMILES string of the molecule is O=S(=O)(c1ccccc1Br)N1CCOC(COc2ccc(-n3cncn3)cc2)C1. The van der Waals surface area contributed by atoms with Crippen LogP contribution in [0.5, 0.6) is 5.75 Å². The lowest BCUT2D eigenvalue weighted by Crippen LogP contribution is -2.47. The van der Waals surface area contributed by atoms with Crippen molar-refractivity contribution in [3.8, 4) is 11.4 Å². The Balaban J connectivity index is 1.38. The zero-order chi connectivity index (χ0) is 20.3. The summed E-state index contributed by atoms with van der Waals surface area (Å²) in [7, 11) is -3.60. The van der Waals surface area contributed by atoms with Crippen LogP contribution in [0.3, 0.4) is 0 Å². The van der Waals surface area contributed by atoms with E-state index in [0.29, 0.717) is 23.4 Å². The minimum atomic E-state index is -3.60. The number of morpholine rings is 1. The van der Waals surface area contributed by atoms with Gasteiger partial charge in [-0.3, -0.25) is 0 Å². The Morgan fingerprint density at radius 3 is 2.69 bits per heavy atom. The number of rotatable bonds is 6. The highest BCUT2D eigenvalue weighted by atomic mass is 79.9. The Labute approximate surface area is 177 Å². The molecule has 0 amide bonds. The van der Waals surface area contributed by atoms with Gasteiger partial charge in [0, 0.05) is 17.6 Å². The normalized spacial score (nSPS) is 17.9. The lowest BCUT2D eigenvalue weighted by molar-refractivity contribution is -0.0249. The van der Waals surface area contributed by atoms with Gasteiger partial charge in [0.1, 0.15) is 31.1 Å². The third-order valence-corrected chi connectivity index (χ3v) is 7.39. The van der Waals surface area contributed by atoms with Gasteiger partial charge in [0.25, 0.3) is 0 Å². The molecule has 1 saturated heterocycles. The summed E-state index contributed by atoms with van der Waals surface area (Å²) in [4.78, 5) is 4.17. The fourth-order valence-corrected chi connectivity index (χ4v) is 5.45. The van der Waals surface area contributed by atoms with E-state index in [0.717, 1.165) is 5.69 Å². The number of benzene rings is 2. The molecule has 2 heterocycles. The van der Waals surface area contributed by atoms with Crippen molar-refractivity contribution in [2.24, 2.45) is 0 Å². The average Bonchev–Trinajstić information content (AvgIpc) is 3.28. The van der Waals surface area contributed by atoms with Crippen molar-refractivity contribution < 1.29 is 17.9 Å². The van der Waals surface area contributed by atoms with Crippen LogP contribution >= 0.6 is 15.9 Å². The summed E-state index contributed by atoms with van der Waals surface area (Å²) in [5, 5.41) is 4.08. The number of hydrogen-bond donors (Lipinski definition) is 0. The number of halogens is 1. The summed E-state index contributed by atoms with van der Waals surface area (Å²) in [6.07, 6.45) is 2.74. The van der Waals surface area contributed by atoms with Gasteiger partial charge in [-0.05, 0) is 52.3 Å². The minimum absolute atomic E-state index is 0.237. The summed E-state index contributed by atoms with van der Waals surface area (Å²) >= 11 is 3.32. The molecule has 152 valence electrons. The van der Waals surface area contributed by atoms with Crippen LogP contribution in [0.1, 0.15) is 0 Å². The Morgan fingerprint density at radius 1 is 1.17 bits per heavy atom. The van der Waals surface area contributed by atoms with Crippen LogP contribution in [-0.4, -0.2) is 59.9 Å². The highest BCUT2D eigenvalue weighted by Crippen LogP contribution is 2.26. The zero-order valence-corrected chi connectivity index (χ0v) is 17.8. The molecule has 3 aromatic rings. The van der Waals surface area contributed by atoms with Crippen molar-refractivity contribution in [2.75, 3.05) is 26.3 Å². The molecule has 1 aliphatic rings. The Kier molecular flexibility index (Phi) is 5.95. The largest absolute Gasteiger partial charge is 0.491 e. The lowest BCUT2D eigenvalue weighted by atomic mass is 10.3. The molecule has 0 bridgehead atoms. The molecule has 8 nitrogen and oxygen atoms in total. The standard InChI is InChI=1S/C19H19BrN4O4S/c20-18-3-1-2-4-19(18)29(25,26)23-9-10-27-17(11-23)12-28-16-7-5-15(6-8-16)24-14-21-13-22-24/h1-8,13-14,17H,9-12H2. The first-order chi connectivity index (χ1) is 14.0. The highest BCUT2D eigenvalue weighted by Gasteiger charge is 2.32.